The maximum absolute atomic E-state index is 11.9. The van der Waals surface area contributed by atoms with Gasteiger partial charge in [-0.3, -0.25) is 4.18 Å². The highest BCUT2D eigenvalue weighted by molar-refractivity contribution is 7.86. The molecule has 1 rings (SSSR count). The van der Waals surface area contributed by atoms with Crippen molar-refractivity contribution in [2.45, 2.75) is 32.5 Å². The topological polar surface area (TPSA) is 96.8 Å². The van der Waals surface area contributed by atoms with Gasteiger partial charge in [-0.2, -0.15) is 8.42 Å². The van der Waals surface area contributed by atoms with Crippen LogP contribution in [-0.2, 0) is 19.0 Å². The summed E-state index contributed by atoms with van der Waals surface area (Å²) in [5, 5.41) is 7.27. The van der Waals surface area contributed by atoms with Gasteiger partial charge in [-0.1, -0.05) is 0 Å². The van der Waals surface area contributed by atoms with E-state index in [9.17, 15) is 13.2 Å². The zero-order valence-corrected chi connectivity index (χ0v) is 12.4. The highest BCUT2D eigenvalue weighted by Crippen LogP contribution is 2.22. The summed E-state index contributed by atoms with van der Waals surface area (Å²) in [5.74, 6) is -0.442. The predicted molar refractivity (Wildman–Crippen MR) is 69.8 cm³/mol. The smallest absolute Gasteiger partial charge is 0.410 e. The Morgan fingerprint density at radius 2 is 1.95 bits per heavy atom. The van der Waals surface area contributed by atoms with Crippen molar-refractivity contribution in [3.05, 3.63) is 0 Å². The van der Waals surface area contributed by atoms with Crippen molar-refractivity contribution in [3.8, 4) is 0 Å². The number of amides is 1. The molecule has 0 bridgehead atoms. The van der Waals surface area contributed by atoms with Gasteiger partial charge in [0, 0.05) is 18.7 Å². The SMILES string of the molecule is CC(C)(C)OC(=O)N1C[C@H](OS(C)(=O)=O)[C@@H](C=N)C1. The Balaban J connectivity index is 2.71. The van der Waals surface area contributed by atoms with Crippen LogP contribution in [0.5, 0.6) is 0 Å². The van der Waals surface area contributed by atoms with Gasteiger partial charge in [-0.05, 0) is 20.8 Å². The van der Waals surface area contributed by atoms with Gasteiger partial charge < -0.3 is 15.0 Å². The average molecular weight is 292 g/mol. The molecule has 1 saturated heterocycles. The first-order valence-corrected chi connectivity index (χ1v) is 7.70. The number of likely N-dealkylation sites (tertiary alicyclic amines) is 1. The van der Waals surface area contributed by atoms with E-state index in [-0.39, 0.29) is 13.1 Å². The Morgan fingerprint density at radius 3 is 2.37 bits per heavy atom. The van der Waals surface area contributed by atoms with Crippen molar-refractivity contribution in [2.24, 2.45) is 5.92 Å². The molecule has 0 aliphatic carbocycles. The van der Waals surface area contributed by atoms with Crippen LogP contribution >= 0.6 is 0 Å². The lowest BCUT2D eigenvalue weighted by Crippen LogP contribution is -2.36. The van der Waals surface area contributed by atoms with E-state index in [0.29, 0.717) is 0 Å². The fraction of sp³-hybridized carbons (Fsp3) is 0.818. The van der Waals surface area contributed by atoms with E-state index in [1.54, 1.807) is 20.8 Å². The minimum Gasteiger partial charge on any atom is -0.444 e. The lowest BCUT2D eigenvalue weighted by Gasteiger charge is -2.24. The number of hydrogen-bond donors (Lipinski definition) is 1. The molecule has 0 unspecified atom stereocenters. The molecule has 110 valence electrons. The Morgan fingerprint density at radius 1 is 1.37 bits per heavy atom. The van der Waals surface area contributed by atoms with Gasteiger partial charge in [0.05, 0.1) is 12.8 Å². The number of hydrogen-bond acceptors (Lipinski definition) is 6. The van der Waals surface area contributed by atoms with Gasteiger partial charge in [0.1, 0.15) is 11.7 Å². The summed E-state index contributed by atoms with van der Waals surface area (Å²) in [4.78, 5) is 13.2. The molecule has 1 fully saturated rings. The number of carbonyl (C=O) groups excluding carboxylic acids is 1. The molecule has 0 saturated carbocycles. The van der Waals surface area contributed by atoms with Crippen LogP contribution in [0.2, 0.25) is 0 Å². The maximum atomic E-state index is 11.9. The first-order valence-electron chi connectivity index (χ1n) is 5.88. The molecule has 0 aromatic heterocycles. The van der Waals surface area contributed by atoms with Crippen LogP contribution < -0.4 is 0 Å². The van der Waals surface area contributed by atoms with E-state index in [1.807, 2.05) is 0 Å². The minimum atomic E-state index is -3.62. The summed E-state index contributed by atoms with van der Waals surface area (Å²) >= 11 is 0. The summed E-state index contributed by atoms with van der Waals surface area (Å²) < 4.78 is 32.3. The zero-order valence-electron chi connectivity index (χ0n) is 11.5. The van der Waals surface area contributed by atoms with Crippen molar-refractivity contribution >= 4 is 22.4 Å². The Bertz CT molecular complexity index is 454. The van der Waals surface area contributed by atoms with E-state index in [2.05, 4.69) is 0 Å². The Kier molecular flexibility index (Phi) is 4.57. The lowest BCUT2D eigenvalue weighted by atomic mass is 10.1. The number of carbonyl (C=O) groups is 1. The van der Waals surface area contributed by atoms with E-state index in [0.717, 1.165) is 12.5 Å². The van der Waals surface area contributed by atoms with Crippen LogP contribution in [0.15, 0.2) is 0 Å². The molecule has 0 aromatic rings. The van der Waals surface area contributed by atoms with Crippen LogP contribution in [0, 0.1) is 11.3 Å². The first-order chi connectivity index (χ1) is 8.52. The summed E-state index contributed by atoms with van der Waals surface area (Å²) in [6, 6.07) is 0. The van der Waals surface area contributed by atoms with E-state index in [4.69, 9.17) is 14.3 Å². The standard InChI is InChI=1S/C11H20N2O5S/c1-11(2,3)17-10(14)13-6-8(5-12)9(7-13)18-19(4,15)16/h5,8-9,12H,6-7H2,1-4H3/t8-,9-/m0/s1. The molecule has 1 N–H and O–H groups in total. The van der Waals surface area contributed by atoms with Gasteiger partial charge in [0.25, 0.3) is 10.1 Å². The minimum absolute atomic E-state index is 0.0992. The zero-order chi connectivity index (χ0) is 14.8. The molecular weight excluding hydrogens is 272 g/mol. The van der Waals surface area contributed by atoms with Crippen molar-refractivity contribution < 1.29 is 22.1 Å². The van der Waals surface area contributed by atoms with Crippen LogP contribution in [-0.4, -0.2) is 56.7 Å². The third kappa shape index (κ3) is 5.15. The van der Waals surface area contributed by atoms with Crippen LogP contribution in [0.3, 0.4) is 0 Å². The van der Waals surface area contributed by atoms with Crippen LogP contribution in [0.4, 0.5) is 4.79 Å². The highest BCUT2D eigenvalue weighted by Gasteiger charge is 2.38. The summed E-state index contributed by atoms with van der Waals surface area (Å²) in [6.45, 7) is 5.57. The van der Waals surface area contributed by atoms with Gasteiger partial charge in [0.2, 0.25) is 0 Å². The Labute approximate surface area is 113 Å². The third-order valence-electron chi connectivity index (χ3n) is 2.47. The van der Waals surface area contributed by atoms with Crippen LogP contribution in [0.25, 0.3) is 0 Å². The quantitative estimate of drug-likeness (QED) is 0.614. The summed E-state index contributed by atoms with van der Waals surface area (Å²) in [6.07, 6.45) is 0.795. The molecule has 0 aromatic carbocycles. The number of nitrogens with one attached hydrogen (secondary N) is 1. The van der Waals surface area contributed by atoms with Gasteiger partial charge in [0.15, 0.2) is 0 Å². The molecule has 1 amide bonds. The van der Waals surface area contributed by atoms with E-state index in [1.165, 1.54) is 4.90 Å². The van der Waals surface area contributed by atoms with Crippen molar-refractivity contribution in [2.75, 3.05) is 19.3 Å². The normalized spacial score (nSPS) is 24.3. The molecule has 0 spiro atoms. The monoisotopic (exact) mass is 292 g/mol. The van der Waals surface area contributed by atoms with Gasteiger partial charge in [-0.25, -0.2) is 4.79 Å². The fourth-order valence-electron chi connectivity index (χ4n) is 1.76. The van der Waals surface area contributed by atoms with Crippen molar-refractivity contribution in [3.63, 3.8) is 0 Å². The molecule has 2 atom stereocenters. The third-order valence-corrected chi connectivity index (χ3v) is 3.07. The molecule has 8 heteroatoms. The number of ether oxygens (including phenoxy) is 1. The maximum Gasteiger partial charge on any atom is 0.410 e. The lowest BCUT2D eigenvalue weighted by molar-refractivity contribution is 0.0276. The van der Waals surface area contributed by atoms with Crippen molar-refractivity contribution in [1.82, 2.24) is 4.90 Å². The summed E-state index contributed by atoms with van der Waals surface area (Å²) in [7, 11) is -3.62. The van der Waals surface area contributed by atoms with E-state index >= 15 is 0 Å². The largest absolute Gasteiger partial charge is 0.444 e. The van der Waals surface area contributed by atoms with Gasteiger partial charge in [-0.15, -0.1) is 0 Å². The fourth-order valence-corrected chi connectivity index (χ4v) is 2.41. The molecule has 1 aliphatic heterocycles. The van der Waals surface area contributed by atoms with E-state index < -0.39 is 33.8 Å². The molecule has 0 radical (unpaired) electrons. The predicted octanol–water partition coefficient (Wildman–Crippen LogP) is 0.848. The van der Waals surface area contributed by atoms with Gasteiger partial charge >= 0.3 is 6.09 Å². The first kappa shape index (κ1) is 15.9. The molecular formula is C11H20N2O5S. The van der Waals surface area contributed by atoms with Crippen molar-refractivity contribution in [1.29, 1.82) is 5.41 Å². The van der Waals surface area contributed by atoms with Crippen LogP contribution in [0.1, 0.15) is 20.8 Å². The number of nitrogens with zero attached hydrogens (tertiary/aromatic N) is 1. The molecule has 1 aliphatic rings. The average Bonchev–Trinajstić information content (AvgIpc) is 2.55. The number of rotatable bonds is 3. The molecule has 7 nitrogen and oxygen atoms in total. The molecule has 1 heterocycles. The summed E-state index contributed by atoms with van der Waals surface area (Å²) in [5.41, 5.74) is -0.618. The molecule has 19 heavy (non-hydrogen) atoms. The Hall–Kier alpha value is -1.15. The second-order valence-electron chi connectivity index (χ2n) is 5.55. The highest BCUT2D eigenvalue weighted by atomic mass is 32.2. The second kappa shape index (κ2) is 5.46. The second-order valence-corrected chi connectivity index (χ2v) is 7.16.